The van der Waals surface area contributed by atoms with Crippen LogP contribution in [-0.2, 0) is 23.0 Å². The Morgan fingerprint density at radius 3 is 2.64 bits per heavy atom. The molecule has 0 radical (unpaired) electrons. The van der Waals surface area contributed by atoms with E-state index in [1.54, 1.807) is 19.2 Å². The lowest BCUT2D eigenvalue weighted by Gasteiger charge is -2.29. The van der Waals surface area contributed by atoms with Gasteiger partial charge in [0.25, 0.3) is 0 Å². The summed E-state index contributed by atoms with van der Waals surface area (Å²) in [6.07, 6.45) is 2.57. The molecule has 0 saturated carbocycles. The Kier molecular flexibility index (Phi) is 4.02. The van der Waals surface area contributed by atoms with Gasteiger partial charge in [-0.05, 0) is 36.6 Å². The molecule has 0 spiro atoms. The van der Waals surface area contributed by atoms with Gasteiger partial charge >= 0.3 is 0 Å². The van der Waals surface area contributed by atoms with Crippen LogP contribution in [0.3, 0.4) is 0 Å². The molecule has 1 aliphatic heterocycles. The number of nitrogens with one attached hydrogen (secondary N) is 1. The Bertz CT molecular complexity index is 757. The molecule has 0 fully saturated rings. The van der Waals surface area contributed by atoms with Gasteiger partial charge in [0, 0.05) is 13.1 Å². The van der Waals surface area contributed by atoms with Crippen molar-refractivity contribution in [2.75, 3.05) is 21.9 Å². The summed E-state index contributed by atoms with van der Waals surface area (Å²) in [5, 5.41) is 0. The van der Waals surface area contributed by atoms with E-state index in [0.717, 1.165) is 25.3 Å². The van der Waals surface area contributed by atoms with Gasteiger partial charge in [-0.1, -0.05) is 24.3 Å². The summed E-state index contributed by atoms with van der Waals surface area (Å²) in [5.41, 5.74) is 3.22. The van der Waals surface area contributed by atoms with Gasteiger partial charge in [0.15, 0.2) is 0 Å². The number of hydrogen-bond donors (Lipinski definition) is 1. The number of sulfonamides is 1. The maximum absolute atomic E-state index is 11.5. The zero-order valence-corrected chi connectivity index (χ0v) is 13.3. The van der Waals surface area contributed by atoms with Gasteiger partial charge in [0.1, 0.15) is 5.82 Å². The van der Waals surface area contributed by atoms with E-state index in [1.807, 2.05) is 6.07 Å². The Morgan fingerprint density at radius 2 is 1.95 bits per heavy atom. The summed E-state index contributed by atoms with van der Waals surface area (Å²) in [7, 11) is -3.25. The largest absolute Gasteiger partial charge is 0.352 e. The molecule has 0 atom stereocenters. The van der Waals surface area contributed by atoms with Gasteiger partial charge in [-0.2, -0.15) is 0 Å². The summed E-state index contributed by atoms with van der Waals surface area (Å²) < 4.78 is 25.6. The van der Waals surface area contributed by atoms with E-state index in [4.69, 9.17) is 0 Å². The second-order valence-electron chi connectivity index (χ2n) is 5.35. The summed E-state index contributed by atoms with van der Waals surface area (Å²) in [5.74, 6) is 0.923. The smallest absolute Gasteiger partial charge is 0.232 e. The SMILES string of the molecule is CCS(=O)(=O)Nc1ccc(N2CCc3ccccc3C2)nc1. The predicted molar refractivity (Wildman–Crippen MR) is 88.5 cm³/mol. The lowest BCUT2D eigenvalue weighted by molar-refractivity contribution is 0.602. The molecular weight excluding hydrogens is 298 g/mol. The molecule has 3 rings (SSSR count). The van der Waals surface area contributed by atoms with Crippen LogP contribution < -0.4 is 9.62 Å². The highest BCUT2D eigenvalue weighted by Gasteiger charge is 2.17. The van der Waals surface area contributed by atoms with Gasteiger partial charge in [-0.25, -0.2) is 13.4 Å². The van der Waals surface area contributed by atoms with Crippen molar-refractivity contribution in [3.05, 3.63) is 53.7 Å². The Morgan fingerprint density at radius 1 is 1.18 bits per heavy atom. The lowest BCUT2D eigenvalue weighted by atomic mass is 10.00. The molecule has 116 valence electrons. The number of pyridine rings is 1. The van der Waals surface area contributed by atoms with Crippen LogP contribution >= 0.6 is 0 Å². The molecule has 2 heterocycles. The molecule has 6 heteroatoms. The topological polar surface area (TPSA) is 62.3 Å². The highest BCUT2D eigenvalue weighted by molar-refractivity contribution is 7.92. The first-order valence-electron chi connectivity index (χ1n) is 7.35. The van der Waals surface area contributed by atoms with E-state index in [9.17, 15) is 8.42 Å². The third-order valence-corrected chi connectivity index (χ3v) is 5.16. The van der Waals surface area contributed by atoms with Crippen molar-refractivity contribution in [2.45, 2.75) is 19.9 Å². The minimum absolute atomic E-state index is 0.0532. The first-order chi connectivity index (χ1) is 10.6. The van der Waals surface area contributed by atoms with E-state index in [2.05, 4.69) is 38.9 Å². The number of hydrogen-bond acceptors (Lipinski definition) is 4. The fourth-order valence-corrected chi connectivity index (χ4v) is 3.20. The highest BCUT2D eigenvalue weighted by atomic mass is 32.2. The van der Waals surface area contributed by atoms with Crippen molar-refractivity contribution in [1.82, 2.24) is 4.98 Å². The fraction of sp³-hybridized carbons (Fsp3) is 0.312. The molecule has 0 unspecified atom stereocenters. The molecule has 1 aromatic carbocycles. The van der Waals surface area contributed by atoms with E-state index < -0.39 is 10.0 Å². The average molecular weight is 317 g/mol. The minimum atomic E-state index is -3.25. The molecule has 1 N–H and O–H groups in total. The first kappa shape index (κ1) is 14.8. The lowest BCUT2D eigenvalue weighted by Crippen LogP contribution is -2.30. The minimum Gasteiger partial charge on any atom is -0.352 e. The van der Waals surface area contributed by atoms with Crippen LogP contribution in [0.25, 0.3) is 0 Å². The zero-order valence-electron chi connectivity index (χ0n) is 12.5. The normalized spacial score (nSPS) is 14.5. The van der Waals surface area contributed by atoms with Gasteiger partial charge in [-0.3, -0.25) is 4.72 Å². The molecule has 5 nitrogen and oxygen atoms in total. The predicted octanol–water partition coefficient (Wildman–Crippen LogP) is 2.41. The van der Waals surface area contributed by atoms with Crippen LogP contribution in [0, 0.1) is 0 Å². The second-order valence-corrected chi connectivity index (χ2v) is 7.36. The molecule has 22 heavy (non-hydrogen) atoms. The third-order valence-electron chi connectivity index (χ3n) is 3.86. The zero-order chi connectivity index (χ0) is 15.6. The van der Waals surface area contributed by atoms with Crippen molar-refractivity contribution < 1.29 is 8.42 Å². The number of benzene rings is 1. The maximum atomic E-state index is 11.5. The molecule has 2 aromatic rings. The maximum Gasteiger partial charge on any atom is 0.232 e. The van der Waals surface area contributed by atoms with Crippen LogP contribution in [0.5, 0.6) is 0 Å². The van der Waals surface area contributed by atoms with Gasteiger partial charge in [0.2, 0.25) is 10.0 Å². The number of rotatable bonds is 4. The van der Waals surface area contributed by atoms with Crippen LogP contribution in [0.2, 0.25) is 0 Å². The van der Waals surface area contributed by atoms with E-state index in [-0.39, 0.29) is 5.75 Å². The number of anilines is 2. The van der Waals surface area contributed by atoms with Gasteiger partial charge < -0.3 is 4.90 Å². The van der Waals surface area contributed by atoms with Crippen molar-refractivity contribution in [3.63, 3.8) is 0 Å². The summed E-state index contributed by atoms with van der Waals surface area (Å²) in [4.78, 5) is 6.60. The third kappa shape index (κ3) is 3.22. The highest BCUT2D eigenvalue weighted by Crippen LogP contribution is 2.23. The summed E-state index contributed by atoms with van der Waals surface area (Å²) in [6.45, 7) is 3.36. The molecule has 0 bridgehead atoms. The fourth-order valence-electron chi connectivity index (χ4n) is 2.58. The summed E-state index contributed by atoms with van der Waals surface area (Å²) >= 11 is 0. The van der Waals surface area contributed by atoms with Crippen molar-refractivity contribution in [3.8, 4) is 0 Å². The van der Waals surface area contributed by atoms with Crippen LogP contribution in [0.15, 0.2) is 42.6 Å². The van der Waals surface area contributed by atoms with Crippen molar-refractivity contribution in [1.29, 1.82) is 0 Å². The van der Waals surface area contributed by atoms with Crippen LogP contribution in [0.4, 0.5) is 11.5 Å². The van der Waals surface area contributed by atoms with Crippen LogP contribution in [0.1, 0.15) is 18.1 Å². The van der Waals surface area contributed by atoms with Crippen molar-refractivity contribution in [2.24, 2.45) is 0 Å². The number of nitrogens with zero attached hydrogens (tertiary/aromatic N) is 2. The first-order valence-corrected chi connectivity index (χ1v) is 9.01. The number of fused-ring (bicyclic) bond motifs is 1. The molecule has 1 aliphatic rings. The van der Waals surface area contributed by atoms with Gasteiger partial charge in [-0.15, -0.1) is 0 Å². The van der Waals surface area contributed by atoms with Crippen LogP contribution in [-0.4, -0.2) is 25.7 Å². The van der Waals surface area contributed by atoms with Gasteiger partial charge in [0.05, 0.1) is 17.6 Å². The molecule has 0 aliphatic carbocycles. The van der Waals surface area contributed by atoms with E-state index >= 15 is 0 Å². The quantitative estimate of drug-likeness (QED) is 0.940. The van der Waals surface area contributed by atoms with E-state index in [1.165, 1.54) is 11.1 Å². The molecule has 0 amide bonds. The average Bonchev–Trinajstić information content (AvgIpc) is 2.55. The Hall–Kier alpha value is -2.08. The van der Waals surface area contributed by atoms with E-state index in [0.29, 0.717) is 5.69 Å². The monoisotopic (exact) mass is 317 g/mol. The molecule has 0 saturated heterocycles. The standard InChI is InChI=1S/C16H19N3O2S/c1-2-22(20,21)18-15-7-8-16(17-11-15)19-10-9-13-5-3-4-6-14(13)12-19/h3-8,11,18H,2,9-10,12H2,1H3. The number of aromatic nitrogens is 1. The molecule has 1 aromatic heterocycles. The molecular formula is C16H19N3O2S. The Balaban J connectivity index is 1.74. The second kappa shape index (κ2) is 5.96. The Labute approximate surface area is 131 Å². The summed E-state index contributed by atoms with van der Waals surface area (Å²) in [6, 6.07) is 12.1. The van der Waals surface area contributed by atoms with Crippen molar-refractivity contribution >= 4 is 21.5 Å².